The second-order valence-electron chi connectivity index (χ2n) is 3.69. The molecule has 0 fully saturated rings. The number of aromatic nitrogens is 2. The number of hydrogen-bond donors (Lipinski definition) is 1. The quantitative estimate of drug-likeness (QED) is 0.824. The highest BCUT2D eigenvalue weighted by atomic mass is 16.7. The van der Waals surface area contributed by atoms with E-state index in [1.165, 1.54) is 0 Å². The van der Waals surface area contributed by atoms with Gasteiger partial charge in [0.25, 0.3) is 5.71 Å². The first-order chi connectivity index (χ1) is 8.11. The zero-order chi connectivity index (χ0) is 12.4. The van der Waals surface area contributed by atoms with Gasteiger partial charge in [-0.15, -0.1) is 0 Å². The largest absolute Gasteiger partial charge is 0.511 e. The smallest absolute Gasteiger partial charge is 0.449 e. The molecular weight excluding hydrogens is 224 g/mol. The fourth-order valence-corrected chi connectivity index (χ4v) is 1.67. The summed E-state index contributed by atoms with van der Waals surface area (Å²) >= 11 is 0. The molecule has 0 unspecified atom stereocenters. The lowest BCUT2D eigenvalue weighted by Crippen LogP contribution is -2.04. The van der Waals surface area contributed by atoms with E-state index in [0.717, 1.165) is 6.42 Å². The van der Waals surface area contributed by atoms with Crippen LogP contribution in [-0.2, 0) is 6.42 Å². The van der Waals surface area contributed by atoms with Crippen molar-refractivity contribution >= 4 is 17.3 Å². The van der Waals surface area contributed by atoms with Gasteiger partial charge in [-0.25, -0.2) is 9.78 Å². The van der Waals surface area contributed by atoms with Crippen molar-refractivity contribution in [2.75, 3.05) is 0 Å². The minimum absolute atomic E-state index is 0.227. The average molecular weight is 236 g/mol. The lowest BCUT2D eigenvalue weighted by molar-refractivity contribution is 0.145. The Kier molecular flexibility index (Phi) is 2.95. The first-order valence-electron chi connectivity index (χ1n) is 5.28. The molecule has 0 spiro atoms. The summed E-state index contributed by atoms with van der Waals surface area (Å²) in [6.45, 7) is 3.73. The molecule has 2 aromatic rings. The maximum atomic E-state index is 10.6. The Bertz CT molecular complexity index is 562. The Hall–Kier alpha value is -2.11. The standard InChI is InChI=1S/C11H12N2O4/c1-3-4-7-9-8(16-11(14)15)5-6(2)12-10(9)17-13-7/h5H,3-4H2,1-2H3,(H,14,15). The fourth-order valence-electron chi connectivity index (χ4n) is 1.67. The number of nitrogens with zero attached hydrogens (tertiary/aromatic N) is 2. The molecule has 0 aliphatic heterocycles. The molecule has 0 aromatic carbocycles. The molecule has 6 heteroatoms. The van der Waals surface area contributed by atoms with Crippen molar-refractivity contribution in [2.24, 2.45) is 0 Å². The zero-order valence-electron chi connectivity index (χ0n) is 9.56. The number of fused-ring (bicyclic) bond motifs is 1. The van der Waals surface area contributed by atoms with Crippen molar-refractivity contribution < 1.29 is 19.2 Å². The first-order valence-corrected chi connectivity index (χ1v) is 5.28. The number of ether oxygens (including phenoxy) is 1. The molecule has 0 saturated carbocycles. The van der Waals surface area contributed by atoms with Crippen LogP contribution < -0.4 is 4.74 Å². The summed E-state index contributed by atoms with van der Waals surface area (Å²) in [6, 6.07) is 1.56. The third-order valence-corrected chi connectivity index (χ3v) is 2.29. The molecule has 0 amide bonds. The van der Waals surface area contributed by atoms with Crippen molar-refractivity contribution in [3.8, 4) is 5.75 Å². The highest BCUT2D eigenvalue weighted by Crippen LogP contribution is 2.29. The SMILES string of the molecule is CCCc1noc2nc(C)cc(OC(=O)O)c12. The van der Waals surface area contributed by atoms with Gasteiger partial charge in [-0.05, 0) is 13.3 Å². The van der Waals surface area contributed by atoms with Gasteiger partial charge in [0.1, 0.15) is 5.39 Å². The van der Waals surface area contributed by atoms with Gasteiger partial charge >= 0.3 is 6.16 Å². The van der Waals surface area contributed by atoms with E-state index in [9.17, 15) is 4.79 Å². The van der Waals surface area contributed by atoms with Crippen LogP contribution in [0.15, 0.2) is 10.6 Å². The number of carbonyl (C=O) groups is 1. The Morgan fingerprint density at radius 1 is 1.59 bits per heavy atom. The van der Waals surface area contributed by atoms with Gasteiger partial charge in [-0.1, -0.05) is 18.5 Å². The van der Waals surface area contributed by atoms with Crippen LogP contribution in [0, 0.1) is 6.92 Å². The van der Waals surface area contributed by atoms with E-state index in [1.807, 2.05) is 6.92 Å². The van der Waals surface area contributed by atoms with Crippen LogP contribution in [0.25, 0.3) is 11.1 Å². The van der Waals surface area contributed by atoms with Gasteiger partial charge in [-0.2, -0.15) is 0 Å². The van der Waals surface area contributed by atoms with Crippen LogP contribution in [0.5, 0.6) is 5.75 Å². The monoisotopic (exact) mass is 236 g/mol. The molecule has 0 atom stereocenters. The van der Waals surface area contributed by atoms with Gasteiger partial charge in [0.15, 0.2) is 5.75 Å². The lowest BCUT2D eigenvalue weighted by Gasteiger charge is -2.02. The molecule has 0 bridgehead atoms. The molecule has 0 aliphatic rings. The van der Waals surface area contributed by atoms with Gasteiger partial charge < -0.3 is 14.4 Å². The third-order valence-electron chi connectivity index (χ3n) is 2.29. The summed E-state index contributed by atoms with van der Waals surface area (Å²) in [5.41, 5.74) is 1.60. The molecule has 1 N–H and O–H groups in total. The summed E-state index contributed by atoms with van der Waals surface area (Å²) in [6.07, 6.45) is 0.205. The number of hydrogen-bond acceptors (Lipinski definition) is 5. The van der Waals surface area contributed by atoms with E-state index in [1.54, 1.807) is 13.0 Å². The molecule has 2 aromatic heterocycles. The molecule has 0 saturated heterocycles. The van der Waals surface area contributed by atoms with Gasteiger partial charge in [0, 0.05) is 11.8 Å². The van der Waals surface area contributed by atoms with Gasteiger partial charge in [0.2, 0.25) is 0 Å². The Labute approximate surface area is 97.2 Å². The predicted octanol–water partition coefficient (Wildman–Crippen LogP) is 2.54. The average Bonchev–Trinajstić information content (AvgIpc) is 2.61. The highest BCUT2D eigenvalue weighted by molar-refractivity contribution is 5.85. The number of pyridine rings is 1. The van der Waals surface area contributed by atoms with Crippen LogP contribution in [0.3, 0.4) is 0 Å². The summed E-state index contributed by atoms with van der Waals surface area (Å²) in [5.74, 6) is 0.227. The molecule has 6 nitrogen and oxygen atoms in total. The normalized spacial score (nSPS) is 10.7. The Balaban J connectivity index is 2.60. The van der Waals surface area contributed by atoms with Crippen LogP contribution in [0.2, 0.25) is 0 Å². The van der Waals surface area contributed by atoms with Gasteiger partial charge in [0.05, 0.1) is 5.69 Å². The molecule has 2 heterocycles. The minimum Gasteiger partial charge on any atom is -0.449 e. The predicted molar refractivity (Wildman–Crippen MR) is 59.2 cm³/mol. The molecule has 2 rings (SSSR count). The van der Waals surface area contributed by atoms with E-state index < -0.39 is 6.16 Å². The molecule has 0 aliphatic carbocycles. The number of aryl methyl sites for hydroxylation is 2. The van der Waals surface area contributed by atoms with Crippen molar-refractivity contribution in [1.29, 1.82) is 0 Å². The molecule has 0 radical (unpaired) electrons. The molecular formula is C11H12N2O4. The second kappa shape index (κ2) is 4.40. The van der Waals surface area contributed by atoms with E-state index in [4.69, 9.17) is 14.4 Å². The zero-order valence-corrected chi connectivity index (χ0v) is 9.56. The number of carboxylic acid groups (broad SMARTS) is 1. The highest BCUT2D eigenvalue weighted by Gasteiger charge is 2.17. The first kappa shape index (κ1) is 11.4. The van der Waals surface area contributed by atoms with Crippen LogP contribution in [0.1, 0.15) is 24.7 Å². The minimum atomic E-state index is -1.36. The van der Waals surface area contributed by atoms with Crippen molar-refractivity contribution in [3.63, 3.8) is 0 Å². The van der Waals surface area contributed by atoms with Crippen molar-refractivity contribution in [1.82, 2.24) is 10.1 Å². The van der Waals surface area contributed by atoms with Gasteiger partial charge in [-0.3, -0.25) is 0 Å². The summed E-state index contributed by atoms with van der Waals surface area (Å²) in [7, 11) is 0. The Morgan fingerprint density at radius 2 is 2.35 bits per heavy atom. The van der Waals surface area contributed by atoms with E-state index in [-0.39, 0.29) is 5.75 Å². The fraction of sp³-hybridized carbons (Fsp3) is 0.364. The topological polar surface area (TPSA) is 85.5 Å². The third kappa shape index (κ3) is 2.20. The summed E-state index contributed by atoms with van der Waals surface area (Å²) < 4.78 is 9.80. The maximum absolute atomic E-state index is 10.6. The van der Waals surface area contributed by atoms with Crippen molar-refractivity contribution in [3.05, 3.63) is 17.5 Å². The Morgan fingerprint density at radius 3 is 3.00 bits per heavy atom. The second-order valence-corrected chi connectivity index (χ2v) is 3.69. The van der Waals surface area contributed by atoms with Crippen LogP contribution >= 0.6 is 0 Å². The summed E-state index contributed by atoms with van der Waals surface area (Å²) in [4.78, 5) is 14.8. The lowest BCUT2D eigenvalue weighted by atomic mass is 10.1. The van der Waals surface area contributed by atoms with Crippen LogP contribution in [-0.4, -0.2) is 21.4 Å². The van der Waals surface area contributed by atoms with Crippen molar-refractivity contribution in [2.45, 2.75) is 26.7 Å². The van der Waals surface area contributed by atoms with E-state index in [2.05, 4.69) is 10.1 Å². The van der Waals surface area contributed by atoms with E-state index in [0.29, 0.717) is 28.9 Å². The van der Waals surface area contributed by atoms with E-state index >= 15 is 0 Å². The van der Waals surface area contributed by atoms with Crippen LogP contribution in [0.4, 0.5) is 4.79 Å². The maximum Gasteiger partial charge on any atom is 0.511 e. The summed E-state index contributed by atoms with van der Waals surface area (Å²) in [5, 5.41) is 13.1. The number of rotatable bonds is 3. The molecule has 17 heavy (non-hydrogen) atoms. The molecule has 90 valence electrons.